The number of hydrogen-bond acceptors (Lipinski definition) is 9. The normalized spacial score (nSPS) is 13.7. The third kappa shape index (κ3) is 5.40. The van der Waals surface area contributed by atoms with E-state index in [1.54, 1.807) is 36.4 Å². The monoisotopic (exact) mass is 470 g/mol. The molecule has 2 aromatic carbocycles. The third-order valence-corrected chi connectivity index (χ3v) is 4.76. The molecule has 2 aromatic rings. The molecule has 1 heterocycles. The van der Waals surface area contributed by atoms with E-state index in [-0.39, 0.29) is 24.1 Å². The second kappa shape index (κ2) is 11.1. The molecule has 1 N–H and O–H groups in total. The maximum Gasteiger partial charge on any atom is 0.363 e. The molecule has 0 aliphatic carbocycles. The van der Waals surface area contributed by atoms with Crippen molar-refractivity contribution in [3.63, 3.8) is 0 Å². The summed E-state index contributed by atoms with van der Waals surface area (Å²) in [4.78, 5) is 28.4. The molecule has 10 nitrogen and oxygen atoms in total. The van der Waals surface area contributed by atoms with Gasteiger partial charge in [0.05, 0.1) is 28.4 Å². The lowest BCUT2D eigenvalue weighted by Crippen LogP contribution is -2.28. The number of benzene rings is 2. The molecule has 0 saturated heterocycles. The average molecular weight is 470 g/mol. The lowest BCUT2D eigenvalue weighted by atomic mass is 10.1. The Kier molecular flexibility index (Phi) is 7.96. The zero-order valence-electron chi connectivity index (χ0n) is 19.6. The van der Waals surface area contributed by atoms with Gasteiger partial charge in [0, 0.05) is 12.1 Å². The van der Waals surface area contributed by atoms with Crippen molar-refractivity contribution in [1.29, 1.82) is 0 Å². The summed E-state index contributed by atoms with van der Waals surface area (Å²) in [5, 5.41) is 2.65. The molecule has 0 unspecified atom stereocenters. The standard InChI is InChI=1S/C24H26N2O8/c1-6-25-21(27)13-33-17-8-7-14(10-18(17)29-2)9-16-24(28)34-23(26-16)15-11-19(30-3)22(32-5)20(12-15)31-4/h7-12H,6,13H2,1-5H3,(H,25,27)/b16-9-. The van der Waals surface area contributed by atoms with Crippen molar-refractivity contribution in [3.8, 4) is 28.7 Å². The van der Waals surface area contributed by atoms with E-state index in [0.717, 1.165) is 0 Å². The number of nitrogens with zero attached hydrogens (tertiary/aromatic N) is 1. The Morgan fingerprint density at radius 3 is 2.24 bits per heavy atom. The van der Waals surface area contributed by atoms with Gasteiger partial charge in [-0.2, -0.15) is 0 Å². The highest BCUT2D eigenvalue weighted by Crippen LogP contribution is 2.39. The second-order valence-electron chi connectivity index (χ2n) is 6.90. The first-order chi connectivity index (χ1) is 16.4. The van der Waals surface area contributed by atoms with E-state index in [4.69, 9.17) is 28.4 Å². The van der Waals surface area contributed by atoms with Gasteiger partial charge in [-0.15, -0.1) is 0 Å². The van der Waals surface area contributed by atoms with Crippen LogP contribution < -0.4 is 29.0 Å². The van der Waals surface area contributed by atoms with Gasteiger partial charge in [0.1, 0.15) is 0 Å². The van der Waals surface area contributed by atoms with Crippen molar-refractivity contribution < 1.29 is 38.0 Å². The molecule has 0 saturated carbocycles. The fourth-order valence-corrected chi connectivity index (χ4v) is 3.18. The van der Waals surface area contributed by atoms with Crippen molar-refractivity contribution in [1.82, 2.24) is 5.32 Å². The number of likely N-dealkylation sites (N-methyl/N-ethyl adjacent to an activating group) is 1. The Morgan fingerprint density at radius 1 is 0.971 bits per heavy atom. The Bertz CT molecular complexity index is 1110. The van der Waals surface area contributed by atoms with Gasteiger partial charge in [-0.3, -0.25) is 4.79 Å². The minimum Gasteiger partial charge on any atom is -0.493 e. The van der Waals surface area contributed by atoms with Crippen LogP contribution in [0.2, 0.25) is 0 Å². The van der Waals surface area contributed by atoms with Crippen molar-refractivity contribution in [2.24, 2.45) is 4.99 Å². The molecule has 34 heavy (non-hydrogen) atoms. The van der Waals surface area contributed by atoms with Gasteiger partial charge in [-0.1, -0.05) is 6.07 Å². The third-order valence-electron chi connectivity index (χ3n) is 4.76. The van der Waals surface area contributed by atoms with Gasteiger partial charge in [-0.25, -0.2) is 9.79 Å². The van der Waals surface area contributed by atoms with Gasteiger partial charge in [-0.05, 0) is 42.8 Å². The molecular formula is C24H26N2O8. The number of carbonyl (C=O) groups is 2. The number of nitrogens with one attached hydrogen (secondary N) is 1. The number of amides is 1. The van der Waals surface area contributed by atoms with Crippen LogP contribution in [0.3, 0.4) is 0 Å². The number of esters is 1. The van der Waals surface area contributed by atoms with Gasteiger partial charge >= 0.3 is 5.97 Å². The topological polar surface area (TPSA) is 114 Å². The smallest absolute Gasteiger partial charge is 0.363 e. The van der Waals surface area contributed by atoms with Crippen molar-refractivity contribution in [2.75, 3.05) is 41.6 Å². The van der Waals surface area contributed by atoms with Gasteiger partial charge < -0.3 is 33.7 Å². The zero-order chi connectivity index (χ0) is 24.7. The Labute approximate surface area is 197 Å². The molecule has 0 radical (unpaired) electrons. The van der Waals surface area contributed by atoms with E-state index in [1.807, 2.05) is 6.92 Å². The molecule has 0 bridgehead atoms. The largest absolute Gasteiger partial charge is 0.493 e. The maximum absolute atomic E-state index is 12.5. The van der Waals surface area contributed by atoms with Crippen LogP contribution in [-0.4, -0.2) is 59.4 Å². The molecule has 10 heteroatoms. The number of carbonyl (C=O) groups excluding carboxylic acids is 2. The van der Waals surface area contributed by atoms with E-state index in [1.165, 1.54) is 28.4 Å². The fourth-order valence-electron chi connectivity index (χ4n) is 3.18. The van der Waals surface area contributed by atoms with Crippen LogP contribution in [0.1, 0.15) is 18.1 Å². The van der Waals surface area contributed by atoms with Crippen LogP contribution in [-0.2, 0) is 14.3 Å². The fraction of sp³-hybridized carbons (Fsp3) is 0.292. The van der Waals surface area contributed by atoms with Crippen LogP contribution in [0.5, 0.6) is 28.7 Å². The zero-order valence-corrected chi connectivity index (χ0v) is 19.6. The minimum absolute atomic E-state index is 0.0989. The highest BCUT2D eigenvalue weighted by molar-refractivity contribution is 6.13. The predicted molar refractivity (Wildman–Crippen MR) is 124 cm³/mol. The summed E-state index contributed by atoms with van der Waals surface area (Å²) >= 11 is 0. The van der Waals surface area contributed by atoms with Gasteiger partial charge in [0.25, 0.3) is 5.91 Å². The molecule has 1 aliphatic heterocycles. The van der Waals surface area contributed by atoms with Gasteiger partial charge in [0.15, 0.2) is 35.3 Å². The highest BCUT2D eigenvalue weighted by Gasteiger charge is 2.26. The van der Waals surface area contributed by atoms with Crippen LogP contribution in [0.25, 0.3) is 6.08 Å². The Hall–Kier alpha value is -4.21. The second-order valence-corrected chi connectivity index (χ2v) is 6.90. The minimum atomic E-state index is -0.612. The predicted octanol–water partition coefficient (Wildman–Crippen LogP) is 2.58. The molecule has 0 atom stereocenters. The Morgan fingerprint density at radius 2 is 1.65 bits per heavy atom. The number of rotatable bonds is 10. The summed E-state index contributed by atoms with van der Waals surface area (Å²) in [6.45, 7) is 2.20. The summed E-state index contributed by atoms with van der Waals surface area (Å²) in [5.74, 6) is 1.27. The summed E-state index contributed by atoms with van der Waals surface area (Å²) in [6.07, 6.45) is 1.56. The van der Waals surface area contributed by atoms with Crippen molar-refractivity contribution >= 4 is 23.9 Å². The number of aliphatic imine (C=N–C) groups is 1. The molecule has 0 fully saturated rings. The summed E-state index contributed by atoms with van der Waals surface area (Å²) in [7, 11) is 5.96. The maximum atomic E-state index is 12.5. The quantitative estimate of drug-likeness (QED) is 0.416. The molecule has 0 spiro atoms. The molecule has 1 aliphatic rings. The van der Waals surface area contributed by atoms with Crippen LogP contribution >= 0.6 is 0 Å². The SMILES string of the molecule is CCNC(=O)COc1ccc(/C=C2\N=C(c3cc(OC)c(OC)c(OC)c3)OC2=O)cc1OC. The highest BCUT2D eigenvalue weighted by atomic mass is 16.6. The first kappa shape index (κ1) is 24.4. The van der Waals surface area contributed by atoms with Crippen LogP contribution in [0.4, 0.5) is 0 Å². The summed E-state index contributed by atoms with van der Waals surface area (Å²) in [6, 6.07) is 8.30. The molecule has 1 amide bonds. The lowest BCUT2D eigenvalue weighted by molar-refractivity contribution is -0.130. The summed E-state index contributed by atoms with van der Waals surface area (Å²) in [5.41, 5.74) is 1.21. The van der Waals surface area contributed by atoms with Crippen LogP contribution in [0.15, 0.2) is 41.0 Å². The van der Waals surface area contributed by atoms with E-state index in [0.29, 0.717) is 46.4 Å². The van der Waals surface area contributed by atoms with E-state index in [9.17, 15) is 9.59 Å². The first-order valence-corrected chi connectivity index (χ1v) is 10.3. The van der Waals surface area contributed by atoms with Crippen molar-refractivity contribution in [3.05, 3.63) is 47.2 Å². The molecule has 0 aromatic heterocycles. The average Bonchev–Trinajstić information content (AvgIpc) is 3.22. The number of cyclic esters (lactones) is 1. The molecule has 180 valence electrons. The number of ether oxygens (including phenoxy) is 6. The summed E-state index contributed by atoms with van der Waals surface area (Å²) < 4.78 is 32.2. The lowest BCUT2D eigenvalue weighted by Gasteiger charge is -2.13. The molecular weight excluding hydrogens is 444 g/mol. The first-order valence-electron chi connectivity index (χ1n) is 10.3. The van der Waals surface area contributed by atoms with Crippen LogP contribution in [0, 0.1) is 0 Å². The van der Waals surface area contributed by atoms with E-state index < -0.39 is 5.97 Å². The van der Waals surface area contributed by atoms with E-state index in [2.05, 4.69) is 10.3 Å². The van der Waals surface area contributed by atoms with Crippen molar-refractivity contribution in [2.45, 2.75) is 6.92 Å². The number of methoxy groups -OCH3 is 4. The molecule has 3 rings (SSSR count). The Balaban J connectivity index is 1.87. The van der Waals surface area contributed by atoms with Gasteiger partial charge in [0.2, 0.25) is 11.6 Å². The number of hydrogen-bond donors (Lipinski definition) is 1. The van der Waals surface area contributed by atoms with E-state index >= 15 is 0 Å².